The second kappa shape index (κ2) is 8.71. The van der Waals surface area contributed by atoms with Crippen LogP contribution in [0.2, 0.25) is 0 Å². The van der Waals surface area contributed by atoms with Crippen LogP contribution in [0.1, 0.15) is 32.1 Å². The summed E-state index contributed by atoms with van der Waals surface area (Å²) in [7, 11) is 1.86. The van der Waals surface area contributed by atoms with Crippen LogP contribution in [-0.4, -0.2) is 35.3 Å². The Morgan fingerprint density at radius 2 is 1.86 bits per heavy atom. The van der Waals surface area contributed by atoms with Crippen LogP contribution in [0.25, 0.3) is 28.3 Å². The van der Waals surface area contributed by atoms with Crippen molar-refractivity contribution in [2.45, 2.75) is 32.7 Å². The SMILES string of the molecule is Cn1ncnc1-c1ccn2c(-c3ccc(CNC(=O)Nc4cc(C(C)(C)C)on4)cc3)cnc2c1. The monoisotopic (exact) mass is 470 g/mol. The Balaban J connectivity index is 1.24. The number of urea groups is 1. The minimum atomic E-state index is -0.344. The standard InChI is InChI=1S/C25H26N8O2/c1-25(2,3)20-12-21(31-35-20)30-24(34)27-13-16-5-7-17(8-6-16)19-14-26-22-11-18(9-10-33(19)22)23-28-15-29-32(23)4/h5-12,14-15H,13H2,1-4H3,(H2,27,30,31,34). The van der Waals surface area contributed by atoms with Gasteiger partial charge >= 0.3 is 6.03 Å². The van der Waals surface area contributed by atoms with Crippen molar-refractivity contribution in [2.24, 2.45) is 7.05 Å². The molecule has 2 N–H and O–H groups in total. The van der Waals surface area contributed by atoms with Crippen molar-refractivity contribution in [3.63, 3.8) is 0 Å². The van der Waals surface area contributed by atoms with Gasteiger partial charge in [-0.15, -0.1) is 0 Å². The molecule has 10 heteroatoms. The third kappa shape index (κ3) is 4.63. The number of fused-ring (bicyclic) bond motifs is 1. The maximum atomic E-state index is 12.3. The van der Waals surface area contributed by atoms with Crippen LogP contribution in [0.15, 0.2) is 65.7 Å². The molecule has 0 aliphatic rings. The highest BCUT2D eigenvalue weighted by Crippen LogP contribution is 2.25. The van der Waals surface area contributed by atoms with Crippen molar-refractivity contribution in [1.29, 1.82) is 0 Å². The number of hydrogen-bond acceptors (Lipinski definition) is 6. The van der Waals surface area contributed by atoms with Crippen LogP contribution in [0, 0.1) is 0 Å². The molecule has 0 radical (unpaired) electrons. The number of anilines is 1. The molecule has 0 saturated carbocycles. The first-order valence-electron chi connectivity index (χ1n) is 11.2. The molecule has 4 aromatic heterocycles. The van der Waals surface area contributed by atoms with Crippen LogP contribution < -0.4 is 10.6 Å². The minimum absolute atomic E-state index is 0.176. The summed E-state index contributed by atoms with van der Waals surface area (Å²) in [4.78, 5) is 21.1. The van der Waals surface area contributed by atoms with Crippen molar-refractivity contribution in [3.8, 4) is 22.6 Å². The normalized spacial score (nSPS) is 11.7. The molecule has 2 amide bonds. The van der Waals surface area contributed by atoms with E-state index in [9.17, 15) is 4.79 Å². The average molecular weight is 471 g/mol. The van der Waals surface area contributed by atoms with E-state index in [0.29, 0.717) is 18.1 Å². The highest BCUT2D eigenvalue weighted by Gasteiger charge is 2.20. The van der Waals surface area contributed by atoms with Gasteiger partial charge in [0.1, 0.15) is 17.7 Å². The van der Waals surface area contributed by atoms with E-state index in [1.165, 1.54) is 6.33 Å². The molecule has 5 aromatic rings. The first kappa shape index (κ1) is 22.3. The molecule has 5 rings (SSSR count). The van der Waals surface area contributed by atoms with E-state index in [2.05, 4.69) is 30.9 Å². The lowest BCUT2D eigenvalue weighted by molar-refractivity contribution is 0.251. The van der Waals surface area contributed by atoms with E-state index >= 15 is 0 Å². The molecule has 4 heterocycles. The minimum Gasteiger partial charge on any atom is -0.359 e. The number of rotatable bonds is 5. The molecular formula is C25H26N8O2. The van der Waals surface area contributed by atoms with Crippen molar-refractivity contribution >= 4 is 17.5 Å². The molecular weight excluding hydrogens is 444 g/mol. The number of nitrogens with zero attached hydrogens (tertiary/aromatic N) is 6. The van der Waals surface area contributed by atoms with Crippen molar-refractivity contribution in [3.05, 3.63) is 72.5 Å². The quantitative estimate of drug-likeness (QED) is 0.393. The Morgan fingerprint density at radius 1 is 1.06 bits per heavy atom. The summed E-state index contributed by atoms with van der Waals surface area (Å²) in [5.41, 5.74) is 4.57. The highest BCUT2D eigenvalue weighted by molar-refractivity contribution is 5.88. The third-order valence-corrected chi connectivity index (χ3v) is 5.68. The van der Waals surface area contributed by atoms with Gasteiger partial charge < -0.3 is 9.84 Å². The van der Waals surface area contributed by atoms with Gasteiger partial charge in [0, 0.05) is 42.4 Å². The van der Waals surface area contributed by atoms with Crippen LogP contribution >= 0.6 is 0 Å². The van der Waals surface area contributed by atoms with Crippen LogP contribution in [-0.2, 0) is 19.0 Å². The van der Waals surface area contributed by atoms with E-state index in [-0.39, 0.29) is 11.4 Å². The number of imidazole rings is 1. The van der Waals surface area contributed by atoms with E-state index in [1.807, 2.05) is 81.0 Å². The zero-order valence-corrected chi connectivity index (χ0v) is 20.0. The molecule has 10 nitrogen and oxygen atoms in total. The fourth-order valence-corrected chi connectivity index (χ4v) is 3.71. The van der Waals surface area contributed by atoms with Crippen LogP contribution in [0.4, 0.5) is 10.6 Å². The number of amides is 2. The molecule has 0 atom stereocenters. The number of aromatic nitrogens is 6. The Labute approximate surface area is 202 Å². The van der Waals surface area contributed by atoms with Gasteiger partial charge in [0.2, 0.25) is 0 Å². The number of pyridine rings is 1. The summed E-state index contributed by atoms with van der Waals surface area (Å²) in [5.74, 6) is 1.88. The summed E-state index contributed by atoms with van der Waals surface area (Å²) in [6.45, 7) is 6.44. The molecule has 0 bridgehead atoms. The second-order valence-electron chi connectivity index (χ2n) is 9.33. The predicted molar refractivity (Wildman–Crippen MR) is 132 cm³/mol. The van der Waals surface area contributed by atoms with Crippen LogP contribution in [0.5, 0.6) is 0 Å². The van der Waals surface area contributed by atoms with Gasteiger partial charge in [0.05, 0.1) is 11.9 Å². The fourth-order valence-electron chi connectivity index (χ4n) is 3.71. The summed E-state index contributed by atoms with van der Waals surface area (Å²) < 4.78 is 9.06. The van der Waals surface area contributed by atoms with Gasteiger partial charge in [-0.05, 0) is 17.7 Å². The molecule has 0 saturated heterocycles. The van der Waals surface area contributed by atoms with E-state index < -0.39 is 0 Å². The van der Waals surface area contributed by atoms with Gasteiger partial charge in [0.15, 0.2) is 11.6 Å². The average Bonchev–Trinajstić information content (AvgIpc) is 3.57. The molecule has 1 aromatic carbocycles. The zero-order chi connectivity index (χ0) is 24.6. The predicted octanol–water partition coefficient (Wildman–Crippen LogP) is 4.40. The van der Waals surface area contributed by atoms with E-state index in [0.717, 1.165) is 33.9 Å². The first-order valence-corrected chi connectivity index (χ1v) is 11.2. The Kier molecular flexibility index (Phi) is 5.56. The number of hydrogen-bond donors (Lipinski definition) is 2. The molecule has 0 fully saturated rings. The lowest BCUT2D eigenvalue weighted by Crippen LogP contribution is -2.28. The summed E-state index contributed by atoms with van der Waals surface area (Å²) in [6, 6.07) is 13.4. The molecule has 0 aliphatic carbocycles. The van der Waals surface area contributed by atoms with Gasteiger partial charge in [-0.2, -0.15) is 5.10 Å². The third-order valence-electron chi connectivity index (χ3n) is 5.68. The lowest BCUT2D eigenvalue weighted by atomic mass is 9.93. The number of carbonyl (C=O) groups is 1. The van der Waals surface area contributed by atoms with Crippen molar-refractivity contribution in [1.82, 2.24) is 34.6 Å². The zero-order valence-electron chi connectivity index (χ0n) is 20.0. The summed E-state index contributed by atoms with van der Waals surface area (Å²) in [6.07, 6.45) is 5.37. The van der Waals surface area contributed by atoms with Gasteiger partial charge in [-0.25, -0.2) is 19.4 Å². The van der Waals surface area contributed by atoms with Crippen molar-refractivity contribution < 1.29 is 9.32 Å². The molecule has 0 spiro atoms. The largest absolute Gasteiger partial charge is 0.359 e. The van der Waals surface area contributed by atoms with Crippen LogP contribution in [0.3, 0.4) is 0 Å². The van der Waals surface area contributed by atoms with Gasteiger partial charge in [0.25, 0.3) is 0 Å². The van der Waals surface area contributed by atoms with E-state index in [1.54, 1.807) is 10.7 Å². The smallest absolute Gasteiger partial charge is 0.320 e. The van der Waals surface area contributed by atoms with Gasteiger partial charge in [-0.1, -0.05) is 50.2 Å². The molecule has 0 aliphatic heterocycles. The Bertz CT molecular complexity index is 1490. The topological polar surface area (TPSA) is 115 Å². The maximum Gasteiger partial charge on any atom is 0.320 e. The first-order chi connectivity index (χ1) is 16.8. The Hall–Kier alpha value is -4.47. The lowest BCUT2D eigenvalue weighted by Gasteiger charge is -2.12. The second-order valence-corrected chi connectivity index (χ2v) is 9.33. The fraction of sp³-hybridized carbons (Fsp3) is 0.240. The molecule has 178 valence electrons. The molecule has 35 heavy (non-hydrogen) atoms. The summed E-state index contributed by atoms with van der Waals surface area (Å²) >= 11 is 0. The van der Waals surface area contributed by atoms with Gasteiger partial charge in [-0.3, -0.25) is 9.72 Å². The van der Waals surface area contributed by atoms with E-state index in [4.69, 9.17) is 4.52 Å². The summed E-state index contributed by atoms with van der Waals surface area (Å²) in [5, 5.41) is 13.6. The Morgan fingerprint density at radius 3 is 2.54 bits per heavy atom. The number of benzene rings is 1. The maximum absolute atomic E-state index is 12.3. The number of carbonyl (C=O) groups excluding carboxylic acids is 1. The molecule has 0 unspecified atom stereocenters. The van der Waals surface area contributed by atoms with Crippen molar-refractivity contribution in [2.75, 3.05) is 5.32 Å². The number of aryl methyl sites for hydroxylation is 1. The highest BCUT2D eigenvalue weighted by atomic mass is 16.5. The number of nitrogens with one attached hydrogen (secondary N) is 2.